The van der Waals surface area contributed by atoms with Crippen molar-refractivity contribution < 1.29 is 9.21 Å². The summed E-state index contributed by atoms with van der Waals surface area (Å²) in [6.07, 6.45) is 3.19. The molecule has 0 unspecified atom stereocenters. The lowest BCUT2D eigenvalue weighted by atomic mass is 10.2. The van der Waals surface area contributed by atoms with Gasteiger partial charge in [0.2, 0.25) is 0 Å². The molecular formula is C13H11NO2. The van der Waals surface area contributed by atoms with E-state index in [0.29, 0.717) is 5.76 Å². The summed E-state index contributed by atoms with van der Waals surface area (Å²) in [7, 11) is 0. The van der Waals surface area contributed by atoms with Gasteiger partial charge in [-0.05, 0) is 29.8 Å². The van der Waals surface area contributed by atoms with Gasteiger partial charge < -0.3 is 9.73 Å². The molecule has 3 nitrogen and oxygen atoms in total. The van der Waals surface area contributed by atoms with Crippen LogP contribution >= 0.6 is 0 Å². The highest BCUT2D eigenvalue weighted by Gasteiger charge is 2.08. The molecule has 2 rings (SSSR count). The van der Waals surface area contributed by atoms with Gasteiger partial charge in [-0.15, -0.1) is 0 Å². The van der Waals surface area contributed by atoms with Gasteiger partial charge in [-0.1, -0.05) is 24.8 Å². The summed E-state index contributed by atoms with van der Waals surface area (Å²) in [4.78, 5) is 11.6. The minimum absolute atomic E-state index is 0.258. The standard InChI is InChI=1S/C13H11NO2/c1-2-10-5-3-6-11(9-10)14-13(15)12-7-4-8-16-12/h2-9H,1H2,(H,14,15). The van der Waals surface area contributed by atoms with Crippen molar-refractivity contribution in [3.05, 3.63) is 60.6 Å². The molecule has 1 amide bonds. The molecule has 0 aliphatic carbocycles. The van der Waals surface area contributed by atoms with Crippen LogP contribution in [0.2, 0.25) is 0 Å². The number of carbonyl (C=O) groups is 1. The highest BCUT2D eigenvalue weighted by molar-refractivity contribution is 6.02. The van der Waals surface area contributed by atoms with E-state index in [1.54, 1.807) is 18.2 Å². The van der Waals surface area contributed by atoms with E-state index in [4.69, 9.17) is 4.42 Å². The van der Waals surface area contributed by atoms with Crippen molar-refractivity contribution in [2.24, 2.45) is 0 Å². The summed E-state index contributed by atoms with van der Waals surface area (Å²) in [5.41, 5.74) is 1.68. The first-order valence-electron chi connectivity index (χ1n) is 4.87. The van der Waals surface area contributed by atoms with Crippen LogP contribution in [-0.2, 0) is 0 Å². The number of furan rings is 1. The average Bonchev–Trinajstić information content (AvgIpc) is 2.83. The fourth-order valence-electron chi connectivity index (χ4n) is 1.34. The maximum Gasteiger partial charge on any atom is 0.291 e. The lowest BCUT2D eigenvalue weighted by Crippen LogP contribution is -2.10. The van der Waals surface area contributed by atoms with E-state index in [1.165, 1.54) is 6.26 Å². The normalized spacial score (nSPS) is 9.75. The van der Waals surface area contributed by atoms with E-state index in [0.717, 1.165) is 11.3 Å². The van der Waals surface area contributed by atoms with Crippen LogP contribution in [0.25, 0.3) is 6.08 Å². The Hall–Kier alpha value is -2.29. The molecule has 0 radical (unpaired) electrons. The minimum Gasteiger partial charge on any atom is -0.459 e. The molecule has 2 aromatic rings. The summed E-state index contributed by atoms with van der Waals surface area (Å²) in [6, 6.07) is 10.7. The van der Waals surface area contributed by atoms with Crippen molar-refractivity contribution in [2.75, 3.05) is 5.32 Å². The zero-order valence-corrected chi connectivity index (χ0v) is 8.64. The lowest BCUT2D eigenvalue weighted by molar-refractivity contribution is 0.0996. The maximum absolute atomic E-state index is 11.6. The number of hydrogen-bond donors (Lipinski definition) is 1. The molecule has 1 heterocycles. The number of benzene rings is 1. The molecule has 1 N–H and O–H groups in total. The van der Waals surface area contributed by atoms with Crippen molar-refractivity contribution in [3.8, 4) is 0 Å². The molecule has 0 atom stereocenters. The Labute approximate surface area is 93.4 Å². The van der Waals surface area contributed by atoms with Crippen LogP contribution in [-0.4, -0.2) is 5.91 Å². The van der Waals surface area contributed by atoms with Crippen LogP contribution in [0.15, 0.2) is 53.7 Å². The molecule has 0 saturated heterocycles. The van der Waals surface area contributed by atoms with Crippen molar-refractivity contribution in [3.63, 3.8) is 0 Å². The summed E-state index contributed by atoms with van der Waals surface area (Å²) >= 11 is 0. The Bertz CT molecular complexity index is 500. The second-order valence-electron chi connectivity index (χ2n) is 3.26. The number of carbonyl (C=O) groups excluding carboxylic acids is 1. The molecule has 3 heteroatoms. The van der Waals surface area contributed by atoms with Crippen molar-refractivity contribution >= 4 is 17.7 Å². The predicted octanol–water partition coefficient (Wildman–Crippen LogP) is 3.17. The first-order chi connectivity index (χ1) is 7.79. The van der Waals surface area contributed by atoms with Crippen LogP contribution < -0.4 is 5.32 Å². The third-order valence-corrected chi connectivity index (χ3v) is 2.13. The highest BCUT2D eigenvalue weighted by atomic mass is 16.3. The quantitative estimate of drug-likeness (QED) is 0.850. The van der Waals surface area contributed by atoms with Crippen LogP contribution in [0.1, 0.15) is 16.1 Å². The van der Waals surface area contributed by atoms with Crippen LogP contribution in [0.3, 0.4) is 0 Å². The van der Waals surface area contributed by atoms with Gasteiger partial charge in [0.25, 0.3) is 5.91 Å². The molecule has 16 heavy (non-hydrogen) atoms. The molecule has 1 aromatic heterocycles. The SMILES string of the molecule is C=Cc1cccc(NC(=O)c2ccco2)c1. The van der Waals surface area contributed by atoms with Crippen LogP contribution in [0.5, 0.6) is 0 Å². The average molecular weight is 213 g/mol. The lowest BCUT2D eigenvalue weighted by Gasteiger charge is -2.03. The summed E-state index contributed by atoms with van der Waals surface area (Å²) < 4.78 is 4.99. The molecule has 0 aliphatic rings. The molecule has 0 spiro atoms. The van der Waals surface area contributed by atoms with Gasteiger partial charge in [-0.2, -0.15) is 0 Å². The van der Waals surface area contributed by atoms with E-state index in [-0.39, 0.29) is 5.91 Å². The fraction of sp³-hybridized carbons (Fsp3) is 0. The Kier molecular flexibility index (Phi) is 2.87. The summed E-state index contributed by atoms with van der Waals surface area (Å²) in [5.74, 6) is 0.0372. The molecule has 0 bridgehead atoms. The molecule has 0 saturated carbocycles. The van der Waals surface area contributed by atoms with Gasteiger partial charge in [0, 0.05) is 5.69 Å². The maximum atomic E-state index is 11.6. The first kappa shape index (κ1) is 10.2. The van der Waals surface area contributed by atoms with Crippen LogP contribution in [0.4, 0.5) is 5.69 Å². The topological polar surface area (TPSA) is 42.2 Å². The Morgan fingerprint density at radius 2 is 2.19 bits per heavy atom. The van der Waals surface area contributed by atoms with Gasteiger partial charge in [0.05, 0.1) is 6.26 Å². The Morgan fingerprint density at radius 1 is 1.31 bits per heavy atom. The van der Waals surface area contributed by atoms with Gasteiger partial charge in [0.1, 0.15) is 0 Å². The number of rotatable bonds is 3. The smallest absolute Gasteiger partial charge is 0.291 e. The Morgan fingerprint density at radius 3 is 2.88 bits per heavy atom. The van der Waals surface area contributed by atoms with Crippen LogP contribution in [0, 0.1) is 0 Å². The van der Waals surface area contributed by atoms with E-state index in [1.807, 2.05) is 24.3 Å². The number of anilines is 1. The minimum atomic E-state index is -0.258. The van der Waals surface area contributed by atoms with E-state index in [9.17, 15) is 4.79 Å². The second-order valence-corrected chi connectivity index (χ2v) is 3.26. The highest BCUT2D eigenvalue weighted by Crippen LogP contribution is 2.13. The van der Waals surface area contributed by atoms with Crippen molar-refractivity contribution in [2.45, 2.75) is 0 Å². The molecular weight excluding hydrogens is 202 g/mol. The van der Waals surface area contributed by atoms with E-state index < -0.39 is 0 Å². The van der Waals surface area contributed by atoms with Gasteiger partial charge in [-0.3, -0.25) is 4.79 Å². The van der Waals surface area contributed by atoms with E-state index >= 15 is 0 Å². The summed E-state index contributed by atoms with van der Waals surface area (Å²) in [6.45, 7) is 3.67. The number of nitrogens with one attached hydrogen (secondary N) is 1. The Balaban J connectivity index is 2.15. The third kappa shape index (κ3) is 2.20. The molecule has 80 valence electrons. The van der Waals surface area contributed by atoms with Gasteiger partial charge >= 0.3 is 0 Å². The zero-order valence-electron chi connectivity index (χ0n) is 8.64. The largest absolute Gasteiger partial charge is 0.459 e. The van der Waals surface area contributed by atoms with Gasteiger partial charge in [-0.25, -0.2) is 0 Å². The van der Waals surface area contributed by atoms with Crippen molar-refractivity contribution in [1.82, 2.24) is 0 Å². The predicted molar refractivity (Wildman–Crippen MR) is 63.2 cm³/mol. The number of amides is 1. The first-order valence-corrected chi connectivity index (χ1v) is 4.87. The molecule has 0 aliphatic heterocycles. The third-order valence-electron chi connectivity index (χ3n) is 2.13. The van der Waals surface area contributed by atoms with Gasteiger partial charge in [0.15, 0.2) is 5.76 Å². The molecule has 1 aromatic carbocycles. The monoisotopic (exact) mass is 213 g/mol. The van der Waals surface area contributed by atoms with E-state index in [2.05, 4.69) is 11.9 Å². The zero-order chi connectivity index (χ0) is 11.4. The number of hydrogen-bond acceptors (Lipinski definition) is 2. The fourth-order valence-corrected chi connectivity index (χ4v) is 1.34. The second kappa shape index (κ2) is 4.49. The van der Waals surface area contributed by atoms with Crippen molar-refractivity contribution in [1.29, 1.82) is 0 Å². The summed E-state index contributed by atoms with van der Waals surface area (Å²) in [5, 5.41) is 2.74. The molecule has 0 fully saturated rings.